The fraction of sp³-hybridized carbons (Fsp3) is 0.524. The number of nitrogen functional groups attached to an aromatic ring is 2. The summed E-state index contributed by atoms with van der Waals surface area (Å²) in [7, 11) is -6.97. The Morgan fingerprint density at radius 2 is 1.53 bits per heavy atom. The lowest BCUT2D eigenvalue weighted by Crippen LogP contribution is -2.35. The standard InChI is InChI=1S/C21H24FN10O9P2/c1-43(35)37-3-8-13(33)15(21(38-8)32-7-30-12-17(24)26-5-28-19(12)32)40-42(34)36-2-9-14(41-43)10(22)20(39-9)31-6-29-11-16(23)25-4-27-18(11)31/h4-10,13-15,20-21,33H,2-3H2,1H3,(H2,23,25,27)(H2,24,26,28)/q+1/t8-,9-,10-,13-,14-,15-,20-,21-,43?/m1/s1. The molecule has 7 heterocycles. The van der Waals surface area contributed by atoms with Crippen LogP contribution in [-0.2, 0) is 36.7 Å². The van der Waals surface area contributed by atoms with E-state index in [4.69, 9.17) is 39.0 Å². The SMILES string of the molecule is CP1(=O)OC[C@H]2O[C@@H](n3cnc4c(N)ncnc43)[C@H](O[P+](=O)OC[C@H]3O[C@@H](n4cnc5c(N)ncnc54)[C@H](F)[C@@H]3O1)[C@@H]2O. The molecule has 0 aliphatic carbocycles. The summed E-state index contributed by atoms with van der Waals surface area (Å²) in [5.74, 6) is 0.187. The van der Waals surface area contributed by atoms with Crippen molar-refractivity contribution in [3.8, 4) is 0 Å². The molecule has 7 rings (SSSR count). The smallest absolute Gasteiger partial charge is 0.387 e. The van der Waals surface area contributed by atoms with E-state index in [0.29, 0.717) is 0 Å². The van der Waals surface area contributed by atoms with Gasteiger partial charge >= 0.3 is 15.9 Å². The summed E-state index contributed by atoms with van der Waals surface area (Å²) < 4.78 is 79.1. The zero-order valence-corrected chi connectivity index (χ0v) is 23.8. The summed E-state index contributed by atoms with van der Waals surface area (Å²) in [5, 5.41) is 11.0. The maximum atomic E-state index is 15.9. The van der Waals surface area contributed by atoms with Gasteiger partial charge in [0.15, 0.2) is 47.7 Å². The highest BCUT2D eigenvalue weighted by Crippen LogP contribution is 2.51. The summed E-state index contributed by atoms with van der Waals surface area (Å²) in [6.45, 7) is 0.158. The number of ether oxygens (including phenoxy) is 2. The number of halogens is 1. The molecule has 0 saturated carbocycles. The zero-order chi connectivity index (χ0) is 30.0. The molecule has 4 aromatic heterocycles. The van der Waals surface area contributed by atoms with Crippen LogP contribution in [0, 0.1) is 0 Å². The average Bonchev–Trinajstić information content (AvgIpc) is 3.73. The second-order valence-corrected chi connectivity index (χ2v) is 12.9. The molecular formula is C21H24FN10O9P2+. The molecule has 5 N–H and O–H groups in total. The number of anilines is 2. The number of hydrogen-bond acceptors (Lipinski definition) is 17. The summed E-state index contributed by atoms with van der Waals surface area (Å²) in [4.78, 5) is 24.4. The van der Waals surface area contributed by atoms with Crippen molar-refractivity contribution in [2.75, 3.05) is 31.3 Å². The monoisotopic (exact) mass is 641 g/mol. The minimum absolute atomic E-state index is 0.0804. The van der Waals surface area contributed by atoms with Crippen LogP contribution >= 0.6 is 15.9 Å². The van der Waals surface area contributed by atoms with Crippen LogP contribution in [0.5, 0.6) is 0 Å². The molecule has 0 aromatic carbocycles. The number of fused-ring (bicyclic) bond motifs is 5. The van der Waals surface area contributed by atoms with Gasteiger partial charge in [-0.2, -0.15) is 0 Å². The van der Waals surface area contributed by atoms with Gasteiger partial charge in [-0.15, -0.1) is 9.05 Å². The number of aliphatic hydroxyl groups is 1. The number of aromatic nitrogens is 8. The Balaban J connectivity index is 1.18. The molecule has 2 bridgehead atoms. The Bertz CT molecular complexity index is 1760. The molecule has 3 fully saturated rings. The molecule has 19 nitrogen and oxygen atoms in total. The predicted octanol–water partition coefficient (Wildman–Crippen LogP) is 0.622. The maximum Gasteiger partial charge on any atom is 0.698 e. The van der Waals surface area contributed by atoms with Crippen LogP contribution in [0.3, 0.4) is 0 Å². The minimum Gasteiger partial charge on any atom is -0.387 e. The number of rotatable bonds is 2. The van der Waals surface area contributed by atoms with E-state index in [0.717, 1.165) is 6.66 Å². The van der Waals surface area contributed by atoms with Crippen molar-refractivity contribution in [3.63, 3.8) is 0 Å². The first-order valence-electron chi connectivity index (χ1n) is 12.8. The van der Waals surface area contributed by atoms with Crippen LogP contribution in [0.1, 0.15) is 12.5 Å². The van der Waals surface area contributed by atoms with E-state index in [1.165, 1.54) is 34.4 Å². The lowest BCUT2D eigenvalue weighted by Gasteiger charge is -2.24. The molecule has 0 amide bonds. The van der Waals surface area contributed by atoms with Crippen LogP contribution in [0.2, 0.25) is 0 Å². The molecule has 228 valence electrons. The average molecular weight is 641 g/mol. The molecule has 43 heavy (non-hydrogen) atoms. The van der Waals surface area contributed by atoms with Crippen molar-refractivity contribution in [2.45, 2.75) is 49.1 Å². The molecule has 10 atom stereocenters. The minimum atomic E-state index is -4.03. The lowest BCUT2D eigenvalue weighted by molar-refractivity contribution is -0.0572. The summed E-state index contributed by atoms with van der Waals surface area (Å²) in [6, 6.07) is 0. The van der Waals surface area contributed by atoms with Crippen LogP contribution in [0.25, 0.3) is 22.3 Å². The number of hydrogen-bond donors (Lipinski definition) is 3. The Kier molecular flexibility index (Phi) is 7.07. The highest BCUT2D eigenvalue weighted by Gasteiger charge is 2.55. The number of alkyl halides is 1. The quantitative estimate of drug-likeness (QED) is 0.254. The third-order valence-electron chi connectivity index (χ3n) is 7.24. The third kappa shape index (κ3) is 4.94. The van der Waals surface area contributed by atoms with Crippen LogP contribution in [-0.4, -0.2) is 101 Å². The van der Waals surface area contributed by atoms with Gasteiger partial charge in [0.2, 0.25) is 0 Å². The van der Waals surface area contributed by atoms with Crippen molar-refractivity contribution in [3.05, 3.63) is 25.3 Å². The zero-order valence-electron chi connectivity index (χ0n) is 22.1. The van der Waals surface area contributed by atoms with Gasteiger partial charge in [-0.1, -0.05) is 0 Å². The molecular weight excluding hydrogens is 617 g/mol. The molecule has 3 aliphatic rings. The highest BCUT2D eigenvalue weighted by molar-refractivity contribution is 7.53. The number of nitrogens with zero attached hydrogens (tertiary/aromatic N) is 8. The second kappa shape index (κ2) is 10.7. The number of imidazole rings is 2. The van der Waals surface area contributed by atoms with Crippen LogP contribution < -0.4 is 11.5 Å². The van der Waals surface area contributed by atoms with E-state index >= 15 is 4.39 Å². The normalized spacial score (nSPS) is 36.3. The first kappa shape index (κ1) is 28.5. The fourth-order valence-electron chi connectivity index (χ4n) is 5.21. The fourth-order valence-corrected chi connectivity index (χ4v) is 7.14. The van der Waals surface area contributed by atoms with E-state index in [2.05, 4.69) is 29.9 Å². The van der Waals surface area contributed by atoms with Crippen molar-refractivity contribution in [1.29, 1.82) is 0 Å². The molecule has 0 spiro atoms. The van der Waals surface area contributed by atoms with Crippen molar-refractivity contribution >= 4 is 49.8 Å². The van der Waals surface area contributed by atoms with Gasteiger partial charge in [0.25, 0.3) is 0 Å². The Labute approximate surface area is 241 Å². The third-order valence-corrected chi connectivity index (χ3v) is 9.26. The lowest BCUT2D eigenvalue weighted by atomic mass is 10.1. The largest absolute Gasteiger partial charge is 0.698 e. The molecule has 3 saturated heterocycles. The molecule has 0 radical (unpaired) electrons. The van der Waals surface area contributed by atoms with Gasteiger partial charge in [0, 0.05) is 11.2 Å². The Morgan fingerprint density at radius 3 is 2.19 bits per heavy atom. The summed E-state index contributed by atoms with van der Waals surface area (Å²) in [6.07, 6.45) is -6.04. The van der Waals surface area contributed by atoms with Gasteiger partial charge < -0.3 is 30.6 Å². The highest BCUT2D eigenvalue weighted by atomic mass is 31.2. The molecule has 2 unspecified atom stereocenters. The first-order chi connectivity index (χ1) is 20.6. The van der Waals surface area contributed by atoms with E-state index in [9.17, 15) is 14.2 Å². The van der Waals surface area contributed by atoms with Crippen LogP contribution in [0.4, 0.5) is 16.0 Å². The number of nitrogens with two attached hydrogens (primary N) is 2. The molecule has 22 heteroatoms. The Hall–Kier alpha value is -3.32. The molecule has 3 aliphatic heterocycles. The Morgan fingerprint density at radius 1 is 0.930 bits per heavy atom. The van der Waals surface area contributed by atoms with E-state index < -0.39 is 78.2 Å². The summed E-state index contributed by atoms with van der Waals surface area (Å²) in [5.41, 5.74) is 12.7. The maximum absolute atomic E-state index is 15.9. The van der Waals surface area contributed by atoms with Crippen molar-refractivity contribution in [1.82, 2.24) is 39.0 Å². The van der Waals surface area contributed by atoms with Crippen LogP contribution in [0.15, 0.2) is 25.3 Å². The van der Waals surface area contributed by atoms with Crippen molar-refractivity contribution in [2.24, 2.45) is 0 Å². The van der Waals surface area contributed by atoms with Crippen molar-refractivity contribution < 1.29 is 46.2 Å². The van der Waals surface area contributed by atoms with Gasteiger partial charge in [-0.3, -0.25) is 18.2 Å². The number of aliphatic hydroxyl groups excluding tert-OH is 1. The molecule has 4 aromatic rings. The van der Waals surface area contributed by atoms with E-state index in [-0.39, 0.29) is 34.0 Å². The van der Waals surface area contributed by atoms with Gasteiger partial charge in [0.1, 0.15) is 54.7 Å². The summed E-state index contributed by atoms with van der Waals surface area (Å²) >= 11 is 0. The van der Waals surface area contributed by atoms with E-state index in [1.54, 1.807) is 0 Å². The van der Waals surface area contributed by atoms with Gasteiger partial charge in [0.05, 0.1) is 19.3 Å². The van der Waals surface area contributed by atoms with Gasteiger partial charge in [-0.05, 0) is 0 Å². The second-order valence-electron chi connectivity index (χ2n) is 9.96. The topological polar surface area (TPSA) is 249 Å². The van der Waals surface area contributed by atoms with E-state index in [1.807, 2.05) is 0 Å². The van der Waals surface area contributed by atoms with Gasteiger partial charge in [-0.25, -0.2) is 34.3 Å². The first-order valence-corrected chi connectivity index (χ1v) is 15.9. The predicted molar refractivity (Wildman–Crippen MR) is 141 cm³/mol.